The lowest BCUT2D eigenvalue weighted by Crippen LogP contribution is -2.06. The molecule has 4 nitrogen and oxygen atoms in total. The van der Waals surface area contributed by atoms with Crippen molar-refractivity contribution in [2.24, 2.45) is 0 Å². The second kappa shape index (κ2) is 7.37. The molecule has 2 rings (SSSR count). The van der Waals surface area contributed by atoms with E-state index in [4.69, 9.17) is 4.74 Å². The number of esters is 1. The second-order valence-electron chi connectivity index (χ2n) is 4.90. The van der Waals surface area contributed by atoms with Crippen LogP contribution in [0.15, 0.2) is 36.7 Å². The summed E-state index contributed by atoms with van der Waals surface area (Å²) in [7, 11) is 0. The number of hydrogen-bond donors (Lipinski definition) is 0. The Morgan fingerprint density at radius 1 is 1.27 bits per heavy atom. The third-order valence-electron chi connectivity index (χ3n) is 3.43. The number of hydrogen-bond acceptors (Lipinski definition) is 4. The molecule has 0 bridgehead atoms. The Hall–Kier alpha value is -2.67. The van der Waals surface area contributed by atoms with E-state index in [2.05, 4.69) is 11.1 Å². The van der Waals surface area contributed by atoms with Gasteiger partial charge in [-0.05, 0) is 36.1 Å². The van der Waals surface area contributed by atoms with Crippen molar-refractivity contribution < 1.29 is 9.53 Å². The summed E-state index contributed by atoms with van der Waals surface area (Å²) in [5, 5.41) is 9.38. The molecule has 0 amide bonds. The van der Waals surface area contributed by atoms with Crippen molar-refractivity contribution in [2.45, 2.75) is 26.7 Å². The summed E-state index contributed by atoms with van der Waals surface area (Å²) in [5.74, 6) is -0.375. The molecule has 0 aliphatic carbocycles. The fourth-order valence-electron chi connectivity index (χ4n) is 2.37. The molecule has 0 atom stereocenters. The molecule has 0 fully saturated rings. The van der Waals surface area contributed by atoms with Crippen LogP contribution < -0.4 is 0 Å². The highest BCUT2D eigenvalue weighted by Gasteiger charge is 2.11. The second-order valence-corrected chi connectivity index (χ2v) is 4.90. The van der Waals surface area contributed by atoms with Crippen LogP contribution in [0.25, 0.3) is 0 Å². The van der Waals surface area contributed by atoms with Gasteiger partial charge in [0.15, 0.2) is 0 Å². The van der Waals surface area contributed by atoms with Crippen LogP contribution in [0.3, 0.4) is 0 Å². The highest BCUT2D eigenvalue weighted by atomic mass is 16.5. The molecule has 1 aromatic carbocycles. The van der Waals surface area contributed by atoms with E-state index in [1.54, 1.807) is 19.2 Å². The fraction of sp³-hybridized carbons (Fsp3) is 0.278. The quantitative estimate of drug-likeness (QED) is 0.794. The summed E-state index contributed by atoms with van der Waals surface area (Å²) in [4.78, 5) is 15.9. The largest absolute Gasteiger partial charge is 0.462 e. The zero-order valence-corrected chi connectivity index (χ0v) is 12.8. The molecular weight excluding hydrogens is 276 g/mol. The average molecular weight is 294 g/mol. The number of nitrogens with zero attached hydrogens (tertiary/aromatic N) is 2. The Morgan fingerprint density at radius 2 is 2.05 bits per heavy atom. The molecule has 1 aromatic heterocycles. The monoisotopic (exact) mass is 294 g/mol. The maximum atomic E-state index is 11.8. The summed E-state index contributed by atoms with van der Waals surface area (Å²) in [6, 6.07) is 9.91. The first-order valence-electron chi connectivity index (χ1n) is 7.31. The zero-order valence-electron chi connectivity index (χ0n) is 12.8. The smallest absolute Gasteiger partial charge is 0.339 e. The van der Waals surface area contributed by atoms with Crippen LogP contribution in [0.2, 0.25) is 0 Å². The van der Waals surface area contributed by atoms with Crippen molar-refractivity contribution in [3.05, 3.63) is 64.5 Å². The number of ether oxygens (including phenoxy) is 1. The maximum Gasteiger partial charge on any atom is 0.339 e. The number of aryl methyl sites for hydroxylation is 1. The number of aromatic nitrogens is 1. The molecule has 0 saturated carbocycles. The SMILES string of the molecule is CCOC(=O)c1cncc(Cc2cccc(CC)c2C#N)c1. The van der Waals surface area contributed by atoms with Crippen molar-refractivity contribution in [1.29, 1.82) is 5.26 Å². The Labute approximate surface area is 130 Å². The molecule has 1 heterocycles. The summed E-state index contributed by atoms with van der Waals surface area (Å²) >= 11 is 0. The van der Waals surface area contributed by atoms with Gasteiger partial charge in [-0.1, -0.05) is 25.1 Å². The van der Waals surface area contributed by atoms with Gasteiger partial charge >= 0.3 is 5.97 Å². The van der Waals surface area contributed by atoms with Gasteiger partial charge in [-0.2, -0.15) is 5.26 Å². The molecule has 22 heavy (non-hydrogen) atoms. The summed E-state index contributed by atoms with van der Waals surface area (Å²) in [6.45, 7) is 4.13. The Balaban J connectivity index is 2.30. The first kappa shape index (κ1) is 15.7. The molecule has 4 heteroatoms. The van der Waals surface area contributed by atoms with E-state index in [0.717, 1.165) is 23.1 Å². The van der Waals surface area contributed by atoms with Crippen LogP contribution in [-0.4, -0.2) is 17.6 Å². The third kappa shape index (κ3) is 3.50. The highest BCUT2D eigenvalue weighted by Crippen LogP contribution is 2.18. The van der Waals surface area contributed by atoms with Crippen LogP contribution >= 0.6 is 0 Å². The predicted molar refractivity (Wildman–Crippen MR) is 83.5 cm³/mol. The van der Waals surface area contributed by atoms with Crippen LogP contribution in [0.1, 0.15) is 46.5 Å². The zero-order chi connectivity index (χ0) is 15.9. The molecule has 0 radical (unpaired) electrons. The molecule has 112 valence electrons. The normalized spacial score (nSPS) is 10.0. The van der Waals surface area contributed by atoms with E-state index in [-0.39, 0.29) is 5.97 Å². The number of nitriles is 1. The minimum absolute atomic E-state index is 0.334. The molecular formula is C18H18N2O2. The van der Waals surface area contributed by atoms with Crippen molar-refractivity contribution in [2.75, 3.05) is 6.61 Å². The first-order valence-corrected chi connectivity index (χ1v) is 7.31. The highest BCUT2D eigenvalue weighted by molar-refractivity contribution is 5.89. The third-order valence-corrected chi connectivity index (χ3v) is 3.43. The van der Waals surface area contributed by atoms with E-state index in [1.165, 1.54) is 6.20 Å². The lowest BCUT2D eigenvalue weighted by molar-refractivity contribution is 0.0525. The van der Waals surface area contributed by atoms with Crippen LogP contribution in [0, 0.1) is 11.3 Å². The van der Waals surface area contributed by atoms with E-state index in [1.807, 2.05) is 25.1 Å². The van der Waals surface area contributed by atoms with Gasteiger partial charge in [0.2, 0.25) is 0 Å². The topological polar surface area (TPSA) is 63.0 Å². The van der Waals surface area contributed by atoms with Gasteiger partial charge in [0.1, 0.15) is 0 Å². The number of carbonyl (C=O) groups is 1. The van der Waals surface area contributed by atoms with Gasteiger partial charge in [0.25, 0.3) is 0 Å². The van der Waals surface area contributed by atoms with Gasteiger partial charge < -0.3 is 4.74 Å². The fourth-order valence-corrected chi connectivity index (χ4v) is 2.37. The molecule has 0 N–H and O–H groups in total. The lowest BCUT2D eigenvalue weighted by Gasteiger charge is -2.09. The molecule has 0 aliphatic rings. The van der Waals surface area contributed by atoms with Crippen molar-refractivity contribution in [3.63, 3.8) is 0 Å². The number of pyridine rings is 1. The van der Waals surface area contributed by atoms with Crippen LogP contribution in [0.5, 0.6) is 0 Å². The van der Waals surface area contributed by atoms with Crippen molar-refractivity contribution in [3.8, 4) is 6.07 Å². The summed E-state index contributed by atoms with van der Waals surface area (Å²) in [5.41, 5.74) is 4.02. The summed E-state index contributed by atoms with van der Waals surface area (Å²) < 4.78 is 4.98. The molecule has 2 aromatic rings. The summed E-state index contributed by atoms with van der Waals surface area (Å²) in [6.07, 6.45) is 4.59. The number of benzene rings is 1. The van der Waals surface area contributed by atoms with Gasteiger partial charge in [0.05, 0.1) is 23.8 Å². The van der Waals surface area contributed by atoms with E-state index in [9.17, 15) is 10.1 Å². The average Bonchev–Trinajstić information content (AvgIpc) is 2.55. The maximum absolute atomic E-state index is 11.8. The molecule has 0 saturated heterocycles. The Bertz CT molecular complexity index is 717. The van der Waals surface area contributed by atoms with Gasteiger partial charge in [-0.15, -0.1) is 0 Å². The van der Waals surface area contributed by atoms with Crippen LogP contribution in [-0.2, 0) is 17.6 Å². The minimum Gasteiger partial charge on any atom is -0.462 e. The van der Waals surface area contributed by atoms with E-state index < -0.39 is 0 Å². The number of rotatable bonds is 5. The molecule has 0 aliphatic heterocycles. The Kier molecular flexibility index (Phi) is 5.26. The lowest BCUT2D eigenvalue weighted by atomic mass is 9.95. The van der Waals surface area contributed by atoms with Gasteiger partial charge in [-0.25, -0.2) is 4.79 Å². The first-order chi connectivity index (χ1) is 10.7. The number of carbonyl (C=O) groups excluding carboxylic acids is 1. The van der Waals surface area contributed by atoms with Gasteiger partial charge in [-0.3, -0.25) is 4.98 Å². The van der Waals surface area contributed by atoms with Crippen LogP contribution in [0.4, 0.5) is 0 Å². The Morgan fingerprint density at radius 3 is 2.73 bits per heavy atom. The standard InChI is InChI=1S/C18H18N2O2/c1-3-14-6-5-7-15(17(14)10-19)8-13-9-16(12-20-11-13)18(21)22-4-2/h5-7,9,11-12H,3-4,8H2,1-2H3. The predicted octanol–water partition coefficient (Wildman–Crippen LogP) is 3.28. The van der Waals surface area contributed by atoms with Gasteiger partial charge in [0, 0.05) is 18.8 Å². The minimum atomic E-state index is -0.375. The van der Waals surface area contributed by atoms with E-state index >= 15 is 0 Å². The molecule has 0 spiro atoms. The van der Waals surface area contributed by atoms with E-state index in [0.29, 0.717) is 24.2 Å². The molecule has 0 unspecified atom stereocenters. The van der Waals surface area contributed by atoms with Crippen molar-refractivity contribution in [1.82, 2.24) is 4.98 Å². The van der Waals surface area contributed by atoms with Crippen molar-refractivity contribution >= 4 is 5.97 Å².